The Morgan fingerprint density at radius 2 is 2.00 bits per heavy atom. The zero-order valence-electron chi connectivity index (χ0n) is 10.1. The summed E-state index contributed by atoms with van der Waals surface area (Å²) in [4.78, 5) is 22.0. The van der Waals surface area contributed by atoms with Gasteiger partial charge < -0.3 is 15.7 Å². The molecule has 0 heterocycles. The summed E-state index contributed by atoms with van der Waals surface area (Å²) in [6.07, 6.45) is 1.63. The predicted octanol–water partition coefficient (Wildman–Crippen LogP) is 1.76. The van der Waals surface area contributed by atoms with Gasteiger partial charge in [-0.25, -0.2) is 9.59 Å². The zero-order valence-corrected chi connectivity index (χ0v) is 10.1. The molecule has 2 amide bonds. The van der Waals surface area contributed by atoms with Crippen molar-refractivity contribution in [3.63, 3.8) is 0 Å². The summed E-state index contributed by atoms with van der Waals surface area (Å²) in [5.41, 5.74) is 1.06. The molecular formula is C13H16N2O3. The van der Waals surface area contributed by atoms with E-state index >= 15 is 0 Å². The SMILES string of the molecule is C=CC(C)NC(=O)NCc1ccc(C(=O)O)cc1. The van der Waals surface area contributed by atoms with E-state index in [9.17, 15) is 9.59 Å². The van der Waals surface area contributed by atoms with Crippen LogP contribution in [-0.2, 0) is 6.54 Å². The second-order valence-corrected chi connectivity index (χ2v) is 3.85. The summed E-state index contributed by atoms with van der Waals surface area (Å²) in [5, 5.41) is 14.1. The molecule has 1 unspecified atom stereocenters. The molecule has 96 valence electrons. The smallest absolute Gasteiger partial charge is 0.335 e. The van der Waals surface area contributed by atoms with Gasteiger partial charge in [-0.05, 0) is 24.6 Å². The van der Waals surface area contributed by atoms with Gasteiger partial charge in [-0.3, -0.25) is 0 Å². The average molecular weight is 248 g/mol. The predicted molar refractivity (Wildman–Crippen MR) is 68.4 cm³/mol. The first-order valence-electron chi connectivity index (χ1n) is 5.52. The molecule has 3 N–H and O–H groups in total. The Morgan fingerprint density at radius 1 is 1.39 bits per heavy atom. The van der Waals surface area contributed by atoms with Crippen molar-refractivity contribution in [2.75, 3.05) is 0 Å². The number of rotatable bonds is 5. The molecule has 0 aromatic heterocycles. The second kappa shape index (κ2) is 6.44. The summed E-state index contributed by atoms with van der Waals surface area (Å²) >= 11 is 0. The van der Waals surface area contributed by atoms with E-state index < -0.39 is 5.97 Å². The van der Waals surface area contributed by atoms with Crippen LogP contribution in [0, 0.1) is 0 Å². The summed E-state index contributed by atoms with van der Waals surface area (Å²) in [6.45, 7) is 5.72. The summed E-state index contributed by atoms with van der Waals surface area (Å²) in [6, 6.07) is 5.96. The first kappa shape index (κ1) is 13.8. The highest BCUT2D eigenvalue weighted by atomic mass is 16.4. The van der Waals surface area contributed by atoms with E-state index in [2.05, 4.69) is 17.2 Å². The highest BCUT2D eigenvalue weighted by molar-refractivity contribution is 5.87. The third kappa shape index (κ3) is 4.29. The van der Waals surface area contributed by atoms with Gasteiger partial charge in [0.25, 0.3) is 0 Å². The van der Waals surface area contributed by atoms with Crippen molar-refractivity contribution < 1.29 is 14.7 Å². The molecular weight excluding hydrogens is 232 g/mol. The van der Waals surface area contributed by atoms with Crippen LogP contribution in [0.5, 0.6) is 0 Å². The van der Waals surface area contributed by atoms with Crippen molar-refractivity contribution in [3.05, 3.63) is 48.0 Å². The lowest BCUT2D eigenvalue weighted by atomic mass is 10.1. The summed E-state index contributed by atoms with van der Waals surface area (Å²) in [7, 11) is 0. The minimum atomic E-state index is -0.966. The molecule has 0 aliphatic rings. The Hall–Kier alpha value is -2.30. The van der Waals surface area contributed by atoms with Crippen LogP contribution >= 0.6 is 0 Å². The third-order valence-corrected chi connectivity index (χ3v) is 2.37. The number of amides is 2. The maximum absolute atomic E-state index is 11.4. The van der Waals surface area contributed by atoms with Crippen LogP contribution in [0.1, 0.15) is 22.8 Å². The second-order valence-electron chi connectivity index (χ2n) is 3.85. The summed E-state index contributed by atoms with van der Waals surface area (Å²) < 4.78 is 0. The van der Waals surface area contributed by atoms with Gasteiger partial charge in [-0.15, -0.1) is 6.58 Å². The van der Waals surface area contributed by atoms with Gasteiger partial charge in [-0.1, -0.05) is 18.2 Å². The quantitative estimate of drug-likeness (QED) is 0.695. The van der Waals surface area contributed by atoms with E-state index in [-0.39, 0.29) is 17.6 Å². The number of hydrogen-bond acceptors (Lipinski definition) is 2. The molecule has 0 fully saturated rings. The minimum Gasteiger partial charge on any atom is -0.478 e. The summed E-state index contributed by atoms with van der Waals surface area (Å²) in [5.74, 6) is -0.966. The van der Waals surface area contributed by atoms with Crippen LogP contribution in [0.4, 0.5) is 4.79 Å². The molecule has 5 heteroatoms. The van der Waals surface area contributed by atoms with E-state index in [1.165, 1.54) is 12.1 Å². The zero-order chi connectivity index (χ0) is 13.5. The lowest BCUT2D eigenvalue weighted by Gasteiger charge is -2.10. The first-order valence-corrected chi connectivity index (χ1v) is 5.52. The van der Waals surface area contributed by atoms with Crippen LogP contribution < -0.4 is 10.6 Å². The number of carbonyl (C=O) groups excluding carboxylic acids is 1. The van der Waals surface area contributed by atoms with E-state index in [4.69, 9.17) is 5.11 Å². The number of carboxylic acids is 1. The fourth-order valence-electron chi connectivity index (χ4n) is 1.26. The van der Waals surface area contributed by atoms with E-state index in [0.29, 0.717) is 6.54 Å². The molecule has 0 saturated carbocycles. The normalized spacial score (nSPS) is 11.4. The van der Waals surface area contributed by atoms with Crippen LogP contribution in [-0.4, -0.2) is 23.1 Å². The largest absolute Gasteiger partial charge is 0.478 e. The Labute approximate surface area is 106 Å². The van der Waals surface area contributed by atoms with E-state index in [1.54, 1.807) is 18.2 Å². The van der Waals surface area contributed by atoms with Crippen LogP contribution in [0.25, 0.3) is 0 Å². The number of aromatic carboxylic acids is 1. The van der Waals surface area contributed by atoms with Gasteiger partial charge in [0, 0.05) is 12.6 Å². The number of carbonyl (C=O) groups is 2. The first-order chi connectivity index (χ1) is 8.52. The van der Waals surface area contributed by atoms with Crippen LogP contribution in [0.3, 0.4) is 0 Å². The van der Waals surface area contributed by atoms with Crippen molar-refractivity contribution in [2.24, 2.45) is 0 Å². The highest BCUT2D eigenvalue weighted by Gasteiger charge is 2.04. The van der Waals surface area contributed by atoms with Crippen LogP contribution in [0.2, 0.25) is 0 Å². The van der Waals surface area contributed by atoms with Gasteiger partial charge in [0.05, 0.1) is 5.56 Å². The fourth-order valence-corrected chi connectivity index (χ4v) is 1.26. The molecule has 1 atom stereocenters. The molecule has 18 heavy (non-hydrogen) atoms. The molecule has 0 aliphatic heterocycles. The van der Waals surface area contributed by atoms with Gasteiger partial charge in [-0.2, -0.15) is 0 Å². The fraction of sp³-hybridized carbons (Fsp3) is 0.231. The third-order valence-electron chi connectivity index (χ3n) is 2.37. The van der Waals surface area contributed by atoms with E-state index in [0.717, 1.165) is 5.56 Å². The Kier molecular flexibility index (Phi) is 4.92. The number of nitrogens with one attached hydrogen (secondary N) is 2. The van der Waals surface area contributed by atoms with Crippen molar-refractivity contribution in [1.29, 1.82) is 0 Å². The van der Waals surface area contributed by atoms with Gasteiger partial charge in [0.15, 0.2) is 0 Å². The Morgan fingerprint density at radius 3 is 2.50 bits per heavy atom. The molecule has 5 nitrogen and oxygen atoms in total. The number of carboxylic acid groups (broad SMARTS) is 1. The Balaban J connectivity index is 2.46. The lowest BCUT2D eigenvalue weighted by Crippen LogP contribution is -2.39. The molecule has 1 aromatic rings. The maximum Gasteiger partial charge on any atom is 0.335 e. The molecule has 0 aliphatic carbocycles. The van der Waals surface area contributed by atoms with Crippen LogP contribution in [0.15, 0.2) is 36.9 Å². The molecule has 0 saturated heterocycles. The molecule has 0 bridgehead atoms. The van der Waals surface area contributed by atoms with E-state index in [1.807, 2.05) is 6.92 Å². The molecule has 0 radical (unpaired) electrons. The number of hydrogen-bond donors (Lipinski definition) is 3. The monoisotopic (exact) mass is 248 g/mol. The minimum absolute atomic E-state index is 0.0978. The number of benzene rings is 1. The van der Waals surface area contributed by atoms with Crippen molar-refractivity contribution in [3.8, 4) is 0 Å². The average Bonchev–Trinajstić information content (AvgIpc) is 2.36. The van der Waals surface area contributed by atoms with Crippen molar-refractivity contribution in [2.45, 2.75) is 19.5 Å². The van der Waals surface area contributed by atoms with Gasteiger partial charge in [0.2, 0.25) is 0 Å². The number of urea groups is 1. The van der Waals surface area contributed by atoms with Crippen molar-refractivity contribution in [1.82, 2.24) is 10.6 Å². The Bertz CT molecular complexity index is 440. The standard InChI is InChI=1S/C13H16N2O3/c1-3-9(2)15-13(18)14-8-10-4-6-11(7-5-10)12(16)17/h3-7,9H,1,8H2,2H3,(H,16,17)(H2,14,15,18). The molecule has 0 spiro atoms. The molecule has 1 aromatic carbocycles. The van der Waals surface area contributed by atoms with Gasteiger partial charge in [0.1, 0.15) is 0 Å². The lowest BCUT2D eigenvalue weighted by molar-refractivity contribution is 0.0697. The van der Waals surface area contributed by atoms with Gasteiger partial charge >= 0.3 is 12.0 Å². The topological polar surface area (TPSA) is 78.4 Å². The van der Waals surface area contributed by atoms with Crippen molar-refractivity contribution >= 4 is 12.0 Å². The highest BCUT2D eigenvalue weighted by Crippen LogP contribution is 2.04. The maximum atomic E-state index is 11.4. The molecule has 1 rings (SSSR count).